The summed E-state index contributed by atoms with van der Waals surface area (Å²) in [6.07, 6.45) is 2.10. The molecule has 0 fully saturated rings. The molecule has 2 heterocycles. The number of carbonyl (C=O) groups excluding carboxylic acids is 1. The van der Waals surface area contributed by atoms with E-state index in [9.17, 15) is 18.0 Å². The van der Waals surface area contributed by atoms with Crippen LogP contribution in [0.2, 0.25) is 0 Å². The van der Waals surface area contributed by atoms with Gasteiger partial charge in [0.05, 0.1) is 11.3 Å². The Hall–Kier alpha value is -3.29. The zero-order valence-corrected chi connectivity index (χ0v) is 14.9. The summed E-state index contributed by atoms with van der Waals surface area (Å²) in [5.74, 6) is 2.14. The molecule has 11 heteroatoms. The molecule has 0 aliphatic carbocycles. The van der Waals surface area contributed by atoms with Crippen LogP contribution in [0.5, 0.6) is 0 Å². The van der Waals surface area contributed by atoms with Crippen molar-refractivity contribution in [1.29, 1.82) is 0 Å². The average molecular weight is 391 g/mol. The van der Waals surface area contributed by atoms with Gasteiger partial charge in [0.25, 0.3) is 5.91 Å². The van der Waals surface area contributed by atoms with Gasteiger partial charge in [-0.15, -0.1) is 17.4 Å². The number of halogens is 3. The lowest BCUT2D eigenvalue weighted by atomic mass is 10.0. The standard InChI is InChI=1S/C17H16F3N7O/c1-3-4-5-16(23-24-16)6-7-21-15(28)12-8-13(17(18,19)20)10-14(9-12)27-11(2)22-25-26-27/h1,8-10H,4-7H2,2H3,(H,21,28). The highest BCUT2D eigenvalue weighted by molar-refractivity contribution is 5.95. The molecule has 0 unspecified atom stereocenters. The maximum Gasteiger partial charge on any atom is 0.416 e. The summed E-state index contributed by atoms with van der Waals surface area (Å²) in [5, 5.41) is 21.2. The molecular formula is C17H16F3N7O. The average Bonchev–Trinajstić information content (AvgIpc) is 3.29. The zero-order valence-electron chi connectivity index (χ0n) is 14.9. The minimum absolute atomic E-state index is 0.0418. The molecule has 8 nitrogen and oxygen atoms in total. The number of amides is 1. The fraction of sp³-hybridized carbons (Fsp3) is 0.412. The van der Waals surface area contributed by atoms with Crippen LogP contribution in [0.1, 0.15) is 41.0 Å². The summed E-state index contributed by atoms with van der Waals surface area (Å²) in [7, 11) is 0. The topological polar surface area (TPSA) is 97.4 Å². The number of aryl methyl sites for hydroxylation is 1. The van der Waals surface area contributed by atoms with Crippen molar-refractivity contribution in [1.82, 2.24) is 25.5 Å². The van der Waals surface area contributed by atoms with Crippen molar-refractivity contribution in [2.75, 3.05) is 6.54 Å². The third-order valence-electron chi connectivity index (χ3n) is 4.24. The molecule has 1 aliphatic heterocycles. The Morgan fingerprint density at radius 2 is 2.04 bits per heavy atom. The van der Waals surface area contributed by atoms with Crippen molar-refractivity contribution in [3.05, 3.63) is 35.2 Å². The first-order chi connectivity index (χ1) is 13.2. The quantitative estimate of drug-likeness (QED) is 0.734. The van der Waals surface area contributed by atoms with Crippen molar-refractivity contribution < 1.29 is 18.0 Å². The second-order valence-electron chi connectivity index (χ2n) is 6.30. The number of hydrogen-bond donors (Lipinski definition) is 1. The second kappa shape index (κ2) is 7.38. The summed E-state index contributed by atoms with van der Waals surface area (Å²) in [4.78, 5) is 12.4. The third kappa shape index (κ3) is 4.33. The lowest BCUT2D eigenvalue weighted by molar-refractivity contribution is -0.137. The highest BCUT2D eigenvalue weighted by Crippen LogP contribution is 2.36. The first-order valence-corrected chi connectivity index (χ1v) is 8.37. The second-order valence-corrected chi connectivity index (χ2v) is 6.30. The van der Waals surface area contributed by atoms with E-state index in [1.165, 1.54) is 13.0 Å². The SMILES string of the molecule is C#CCCC1(CCNC(=O)c2cc(-n3nnnc3C)cc(C(F)(F)F)c2)N=N1. The molecule has 0 radical (unpaired) electrons. The maximum atomic E-state index is 13.3. The van der Waals surface area contributed by atoms with E-state index in [4.69, 9.17) is 6.42 Å². The number of rotatable bonds is 7. The number of tetrazole rings is 1. The van der Waals surface area contributed by atoms with E-state index in [1.54, 1.807) is 0 Å². The molecule has 0 saturated carbocycles. The molecule has 1 N–H and O–H groups in total. The van der Waals surface area contributed by atoms with E-state index in [1.807, 2.05) is 0 Å². The smallest absolute Gasteiger partial charge is 0.352 e. The molecule has 0 saturated heterocycles. The Balaban J connectivity index is 1.76. The van der Waals surface area contributed by atoms with Crippen molar-refractivity contribution >= 4 is 5.91 Å². The van der Waals surface area contributed by atoms with Crippen LogP contribution >= 0.6 is 0 Å². The molecule has 0 spiro atoms. The molecule has 1 aromatic carbocycles. The van der Waals surface area contributed by atoms with Crippen LogP contribution in [0.3, 0.4) is 0 Å². The molecule has 1 aliphatic rings. The lowest BCUT2D eigenvalue weighted by Crippen LogP contribution is -2.28. The van der Waals surface area contributed by atoms with Crippen molar-refractivity contribution in [3.8, 4) is 18.0 Å². The van der Waals surface area contributed by atoms with Crippen molar-refractivity contribution in [2.45, 2.75) is 38.0 Å². The fourth-order valence-corrected chi connectivity index (χ4v) is 2.64. The number of hydrogen-bond acceptors (Lipinski definition) is 6. The zero-order chi connectivity index (χ0) is 20.4. The predicted octanol–water partition coefficient (Wildman–Crippen LogP) is 2.68. The van der Waals surface area contributed by atoms with Gasteiger partial charge in [0, 0.05) is 31.4 Å². The maximum absolute atomic E-state index is 13.3. The summed E-state index contributed by atoms with van der Waals surface area (Å²) in [5.41, 5.74) is -1.66. The van der Waals surface area contributed by atoms with Gasteiger partial charge in [0.2, 0.25) is 0 Å². The number of nitrogens with zero attached hydrogens (tertiary/aromatic N) is 6. The Morgan fingerprint density at radius 3 is 2.61 bits per heavy atom. The molecule has 0 atom stereocenters. The lowest BCUT2D eigenvalue weighted by Gasteiger charge is -2.13. The Kier molecular flexibility index (Phi) is 5.13. The van der Waals surface area contributed by atoms with Crippen LogP contribution in [0.4, 0.5) is 13.2 Å². The van der Waals surface area contributed by atoms with Crippen LogP contribution in [-0.4, -0.2) is 38.3 Å². The highest BCUT2D eigenvalue weighted by Gasteiger charge is 2.38. The van der Waals surface area contributed by atoms with E-state index < -0.39 is 23.3 Å². The summed E-state index contributed by atoms with van der Waals surface area (Å²) in [6.45, 7) is 1.74. The normalized spacial score (nSPS) is 14.5. The van der Waals surface area contributed by atoms with E-state index >= 15 is 0 Å². The fourth-order valence-electron chi connectivity index (χ4n) is 2.64. The Morgan fingerprint density at radius 1 is 1.29 bits per heavy atom. The van der Waals surface area contributed by atoms with Gasteiger partial charge in [-0.05, 0) is 35.5 Å². The summed E-state index contributed by atoms with van der Waals surface area (Å²) < 4.78 is 40.9. The molecule has 28 heavy (non-hydrogen) atoms. The van der Waals surface area contributed by atoms with Crippen molar-refractivity contribution in [2.24, 2.45) is 10.2 Å². The van der Waals surface area contributed by atoms with Gasteiger partial charge in [-0.1, -0.05) is 0 Å². The van der Waals surface area contributed by atoms with Gasteiger partial charge in [0.1, 0.15) is 0 Å². The van der Waals surface area contributed by atoms with Gasteiger partial charge in [-0.25, -0.2) is 0 Å². The van der Waals surface area contributed by atoms with Crippen molar-refractivity contribution in [3.63, 3.8) is 0 Å². The molecule has 2 aromatic rings. The van der Waals surface area contributed by atoms with Crippen LogP contribution in [0.15, 0.2) is 28.4 Å². The Labute approximate surface area is 158 Å². The minimum Gasteiger partial charge on any atom is -0.352 e. The summed E-state index contributed by atoms with van der Waals surface area (Å²) in [6, 6.07) is 2.98. The van der Waals surface area contributed by atoms with Gasteiger partial charge >= 0.3 is 6.18 Å². The number of carbonyl (C=O) groups is 1. The van der Waals surface area contributed by atoms with Crippen LogP contribution in [-0.2, 0) is 6.18 Å². The van der Waals surface area contributed by atoms with E-state index in [2.05, 4.69) is 37.0 Å². The number of aromatic nitrogens is 4. The number of terminal acetylenes is 1. The van der Waals surface area contributed by atoms with E-state index in [-0.39, 0.29) is 23.6 Å². The largest absolute Gasteiger partial charge is 0.416 e. The monoisotopic (exact) mass is 391 g/mol. The molecule has 1 amide bonds. The first-order valence-electron chi connectivity index (χ1n) is 8.37. The van der Waals surface area contributed by atoms with Gasteiger partial charge in [-0.3, -0.25) is 4.79 Å². The molecule has 3 rings (SSSR count). The molecule has 146 valence electrons. The number of benzene rings is 1. The first kappa shape index (κ1) is 19.5. The number of alkyl halides is 3. The predicted molar refractivity (Wildman–Crippen MR) is 91.5 cm³/mol. The van der Waals surface area contributed by atoms with E-state index in [0.717, 1.165) is 16.8 Å². The van der Waals surface area contributed by atoms with Gasteiger partial charge in [0.15, 0.2) is 11.5 Å². The number of nitrogens with one attached hydrogen (secondary N) is 1. The van der Waals surface area contributed by atoms with Crippen LogP contribution < -0.4 is 5.32 Å². The Bertz CT molecular complexity index is 952. The third-order valence-corrected chi connectivity index (χ3v) is 4.24. The van der Waals surface area contributed by atoms with Gasteiger partial charge in [-0.2, -0.15) is 28.1 Å². The highest BCUT2D eigenvalue weighted by atomic mass is 19.4. The van der Waals surface area contributed by atoms with E-state index in [0.29, 0.717) is 19.3 Å². The molecule has 0 bridgehead atoms. The van der Waals surface area contributed by atoms with Gasteiger partial charge < -0.3 is 5.32 Å². The summed E-state index contributed by atoms with van der Waals surface area (Å²) >= 11 is 0. The van der Waals surface area contributed by atoms with Crippen LogP contribution in [0.25, 0.3) is 5.69 Å². The molecule has 1 aromatic heterocycles. The molecular weight excluding hydrogens is 375 g/mol. The van der Waals surface area contributed by atoms with Crippen LogP contribution in [0, 0.1) is 19.3 Å². The minimum atomic E-state index is -4.63.